The predicted molar refractivity (Wildman–Crippen MR) is 23.2 cm³/mol. The molecule has 0 unspecified atom stereocenters. The van der Waals surface area contributed by atoms with Gasteiger partial charge in [-0.1, -0.05) is 0 Å². The van der Waals surface area contributed by atoms with E-state index in [9.17, 15) is 0 Å². The zero-order valence-corrected chi connectivity index (χ0v) is 6.18. The van der Waals surface area contributed by atoms with Gasteiger partial charge in [0.1, 0.15) is 0 Å². The molecule has 0 aliphatic carbocycles. The zero-order valence-electron chi connectivity index (χ0n) is 4.02. The molecule has 44 valence electrons. The standard InChI is InChI=1S/C4H9INO/c7-5-4-2-1-3-6-4/h4,6-7H,1-3H2/q-1/t4-/m0/s1. The monoisotopic (exact) mass is 214 g/mol. The summed E-state index contributed by atoms with van der Waals surface area (Å²) < 4.78 is 9.13. The van der Waals surface area contributed by atoms with Crippen molar-refractivity contribution in [2.45, 2.75) is 16.9 Å². The van der Waals surface area contributed by atoms with Crippen LogP contribution in [-0.4, -0.2) is 14.0 Å². The molecule has 1 aliphatic rings. The van der Waals surface area contributed by atoms with Crippen molar-refractivity contribution >= 4 is 0 Å². The molecule has 3 heteroatoms. The van der Waals surface area contributed by atoms with Crippen LogP contribution in [0.15, 0.2) is 0 Å². The molecule has 0 saturated carbocycles. The van der Waals surface area contributed by atoms with Gasteiger partial charge in [-0.15, -0.1) is 0 Å². The second-order valence-electron chi connectivity index (χ2n) is 1.66. The Morgan fingerprint density at radius 2 is 2.57 bits per heavy atom. The summed E-state index contributed by atoms with van der Waals surface area (Å²) in [7, 11) is 0. The van der Waals surface area contributed by atoms with Crippen molar-refractivity contribution in [1.29, 1.82) is 0 Å². The van der Waals surface area contributed by atoms with E-state index in [2.05, 4.69) is 5.32 Å². The molecule has 0 spiro atoms. The van der Waals surface area contributed by atoms with E-state index >= 15 is 0 Å². The third kappa shape index (κ3) is 1.54. The van der Waals surface area contributed by atoms with E-state index in [-0.39, 0.29) is 0 Å². The van der Waals surface area contributed by atoms with E-state index < -0.39 is 21.6 Å². The predicted octanol–water partition coefficient (Wildman–Crippen LogP) is -3.31. The van der Waals surface area contributed by atoms with Crippen molar-refractivity contribution in [2.24, 2.45) is 0 Å². The van der Waals surface area contributed by atoms with Crippen LogP contribution in [0.25, 0.3) is 0 Å². The van der Waals surface area contributed by atoms with Gasteiger partial charge < -0.3 is 0 Å². The fourth-order valence-electron chi connectivity index (χ4n) is 0.725. The topological polar surface area (TPSA) is 32.3 Å². The maximum atomic E-state index is 8.61. The number of hydrogen-bond donors (Lipinski definition) is 2. The first kappa shape index (κ1) is 5.78. The first-order valence-corrected chi connectivity index (χ1v) is 4.65. The Bertz CT molecular complexity index is 53.7. The van der Waals surface area contributed by atoms with Crippen LogP contribution in [0.2, 0.25) is 0 Å². The third-order valence-corrected chi connectivity index (χ3v) is 2.85. The Morgan fingerprint density at radius 1 is 1.71 bits per heavy atom. The summed E-state index contributed by atoms with van der Waals surface area (Å²) in [6.45, 7) is 1.12. The van der Waals surface area contributed by atoms with Crippen LogP contribution in [0.3, 0.4) is 0 Å². The summed E-state index contributed by atoms with van der Waals surface area (Å²) >= 11 is -0.507. The average Bonchev–Trinajstić information content (AvgIpc) is 2.14. The fourth-order valence-corrected chi connectivity index (χ4v) is 1.95. The molecular weight excluding hydrogens is 205 g/mol. The average molecular weight is 214 g/mol. The first-order valence-electron chi connectivity index (χ1n) is 2.44. The Hall–Kier alpha value is 0.650. The van der Waals surface area contributed by atoms with Crippen LogP contribution < -0.4 is 26.9 Å². The first-order chi connectivity index (χ1) is 3.43. The molecule has 1 heterocycles. The van der Waals surface area contributed by atoms with Crippen molar-refractivity contribution in [3.05, 3.63) is 0 Å². The van der Waals surface area contributed by atoms with Gasteiger partial charge in [0.15, 0.2) is 0 Å². The van der Waals surface area contributed by atoms with Crippen LogP contribution in [0.4, 0.5) is 0 Å². The summed E-state index contributed by atoms with van der Waals surface area (Å²) in [4.78, 5) is 0. The van der Waals surface area contributed by atoms with Crippen LogP contribution in [0.5, 0.6) is 0 Å². The Kier molecular flexibility index (Phi) is 2.34. The molecule has 1 rings (SSSR count). The molecular formula is C4H9INO-. The number of hydrogen-bond acceptors (Lipinski definition) is 2. The summed E-state index contributed by atoms with van der Waals surface area (Å²) in [5, 5.41) is 3.21. The minimum absolute atomic E-state index is 0.507. The number of alkyl halides is 1. The van der Waals surface area contributed by atoms with Crippen LogP contribution in [0, 0.1) is 0 Å². The third-order valence-electron chi connectivity index (χ3n) is 1.12. The van der Waals surface area contributed by atoms with Crippen LogP contribution in [0.1, 0.15) is 12.8 Å². The van der Waals surface area contributed by atoms with Gasteiger partial charge in [0.2, 0.25) is 0 Å². The molecule has 1 fully saturated rings. The van der Waals surface area contributed by atoms with E-state index in [1.807, 2.05) is 0 Å². The second-order valence-corrected chi connectivity index (χ2v) is 3.72. The van der Waals surface area contributed by atoms with E-state index in [1.54, 1.807) is 0 Å². The molecule has 2 nitrogen and oxygen atoms in total. The van der Waals surface area contributed by atoms with Crippen LogP contribution >= 0.6 is 0 Å². The number of rotatable bonds is 1. The van der Waals surface area contributed by atoms with E-state index in [4.69, 9.17) is 3.44 Å². The molecule has 0 aromatic heterocycles. The molecule has 0 aromatic rings. The van der Waals surface area contributed by atoms with Gasteiger partial charge in [0.25, 0.3) is 0 Å². The molecule has 0 bridgehead atoms. The van der Waals surface area contributed by atoms with Gasteiger partial charge in [-0.3, -0.25) is 0 Å². The summed E-state index contributed by atoms with van der Waals surface area (Å²) in [5.41, 5.74) is 0. The van der Waals surface area contributed by atoms with Gasteiger partial charge in [-0.25, -0.2) is 0 Å². The van der Waals surface area contributed by atoms with Gasteiger partial charge in [0, 0.05) is 0 Å². The molecule has 0 aromatic carbocycles. The zero-order chi connectivity index (χ0) is 5.11. The van der Waals surface area contributed by atoms with Crippen molar-refractivity contribution in [2.75, 3.05) is 6.54 Å². The number of nitrogens with one attached hydrogen (secondary N) is 1. The molecule has 2 N–H and O–H groups in total. The van der Waals surface area contributed by atoms with E-state index in [1.165, 1.54) is 12.8 Å². The SMILES string of the molecule is O[I-][C@@H]1CCCN1. The summed E-state index contributed by atoms with van der Waals surface area (Å²) in [5.74, 6) is 0. The number of halogens is 1. The van der Waals surface area contributed by atoms with Crippen molar-refractivity contribution in [3.8, 4) is 0 Å². The van der Waals surface area contributed by atoms with Crippen molar-refractivity contribution < 1.29 is 25.1 Å². The summed E-state index contributed by atoms with van der Waals surface area (Å²) in [6, 6.07) is 0. The normalized spacial score (nSPS) is 31.9. The van der Waals surface area contributed by atoms with Crippen molar-refractivity contribution in [3.63, 3.8) is 0 Å². The van der Waals surface area contributed by atoms with Gasteiger partial charge in [-0.2, -0.15) is 0 Å². The maximum absolute atomic E-state index is 8.61. The van der Waals surface area contributed by atoms with Gasteiger partial charge in [0.05, 0.1) is 0 Å². The van der Waals surface area contributed by atoms with Gasteiger partial charge >= 0.3 is 53.8 Å². The minimum atomic E-state index is -0.507. The molecule has 0 amide bonds. The van der Waals surface area contributed by atoms with E-state index in [0.717, 1.165) is 6.54 Å². The van der Waals surface area contributed by atoms with Gasteiger partial charge in [-0.05, 0) is 0 Å². The quantitative estimate of drug-likeness (QED) is 0.272. The fraction of sp³-hybridized carbons (Fsp3) is 1.00. The van der Waals surface area contributed by atoms with E-state index in [0.29, 0.717) is 4.05 Å². The Balaban J connectivity index is 2.14. The second kappa shape index (κ2) is 2.84. The molecule has 0 radical (unpaired) electrons. The molecule has 1 atom stereocenters. The molecule has 7 heavy (non-hydrogen) atoms. The van der Waals surface area contributed by atoms with Crippen LogP contribution in [-0.2, 0) is 0 Å². The molecule has 1 aliphatic heterocycles. The molecule has 1 saturated heterocycles. The Labute approximate surface area is 54.1 Å². The Morgan fingerprint density at radius 3 is 2.86 bits per heavy atom. The summed E-state index contributed by atoms with van der Waals surface area (Å²) in [6.07, 6.45) is 2.45. The van der Waals surface area contributed by atoms with Crippen molar-refractivity contribution in [1.82, 2.24) is 5.32 Å².